The summed E-state index contributed by atoms with van der Waals surface area (Å²) in [5.41, 5.74) is -12.4. The van der Waals surface area contributed by atoms with Crippen LogP contribution in [-0.2, 0) is 55.5 Å². The summed E-state index contributed by atoms with van der Waals surface area (Å²) in [5, 5.41) is 0. The summed E-state index contributed by atoms with van der Waals surface area (Å²) in [5.74, 6) is 0. The number of alkyl halides is 6. The van der Waals surface area contributed by atoms with Crippen molar-refractivity contribution in [2.75, 3.05) is 0 Å². The van der Waals surface area contributed by atoms with Crippen LogP contribution in [0.15, 0.2) is 37.4 Å². The van der Waals surface area contributed by atoms with Crippen molar-refractivity contribution in [2.45, 2.75) is 50.8 Å². The maximum absolute atomic E-state index is 11.4. The van der Waals surface area contributed by atoms with Gasteiger partial charge in [0, 0.05) is 37.9 Å². The Labute approximate surface area is 196 Å². The molecular formula is C14H20AgF6N5O4S2. The number of sulfonamides is 2. The first-order valence-corrected chi connectivity index (χ1v) is 11.2. The quantitative estimate of drug-likeness (QED) is 0.365. The molecule has 32 heavy (non-hydrogen) atoms. The molecule has 0 spiro atoms. The first-order valence-electron chi connectivity index (χ1n) is 8.35. The molecule has 0 radical (unpaired) electrons. The summed E-state index contributed by atoms with van der Waals surface area (Å²) in [6.45, 7) is 6.40. The molecule has 2 aromatic rings. The van der Waals surface area contributed by atoms with E-state index in [2.05, 4.69) is 28.4 Å². The number of unbranched alkanes of at least 4 members (excludes halogenated alkanes) is 1. The van der Waals surface area contributed by atoms with Crippen molar-refractivity contribution in [2.24, 2.45) is 0 Å². The van der Waals surface area contributed by atoms with Crippen LogP contribution in [-0.4, -0.2) is 47.0 Å². The minimum atomic E-state index is -6.72. The van der Waals surface area contributed by atoms with E-state index in [9.17, 15) is 43.2 Å². The van der Waals surface area contributed by atoms with E-state index in [1.807, 2.05) is 29.5 Å². The second-order valence-corrected chi connectivity index (χ2v) is 8.89. The second-order valence-electron chi connectivity index (χ2n) is 5.46. The van der Waals surface area contributed by atoms with Crippen molar-refractivity contribution in [3.63, 3.8) is 0 Å². The third-order valence-electron chi connectivity index (χ3n) is 3.03. The molecule has 18 heteroatoms. The number of nitrogens with zero attached hydrogens (tertiary/aromatic N) is 5. The molecule has 0 saturated carbocycles. The van der Waals surface area contributed by atoms with Gasteiger partial charge < -0.3 is 13.3 Å². The number of hydrogen-bond donors (Lipinski definition) is 0. The van der Waals surface area contributed by atoms with Crippen LogP contribution in [0.4, 0.5) is 26.3 Å². The van der Waals surface area contributed by atoms with E-state index in [0.29, 0.717) is 0 Å². The van der Waals surface area contributed by atoms with Crippen LogP contribution in [0.3, 0.4) is 0 Å². The Kier molecular flexibility index (Phi) is 14.3. The summed E-state index contributed by atoms with van der Waals surface area (Å²) >= 11 is 0. The molecule has 0 bridgehead atoms. The standard InChI is InChI=1S/C7H12N2.C5H8N2.C2F6NO4S2.Ag/c1-2-3-5-9-6-4-8-7-9;1-2-7-4-3-6-5-7;3-1(4,5)14(10,11)9-15(12,13)2(6,7)8;/h4,6-7H,2-3,5H2,1H3;3-5H,2H2,1H3;;/q;;-1;+1. The van der Waals surface area contributed by atoms with Crippen molar-refractivity contribution >= 4 is 20.0 Å². The molecule has 190 valence electrons. The Morgan fingerprint density at radius 2 is 1.22 bits per heavy atom. The van der Waals surface area contributed by atoms with Gasteiger partial charge in [-0.2, -0.15) is 26.3 Å². The molecule has 9 nitrogen and oxygen atoms in total. The molecule has 0 atom stereocenters. The topological polar surface area (TPSA) is 118 Å². The van der Waals surface area contributed by atoms with E-state index in [4.69, 9.17) is 0 Å². The first-order chi connectivity index (χ1) is 14.1. The van der Waals surface area contributed by atoms with Gasteiger partial charge in [0.05, 0.1) is 12.7 Å². The Bertz CT molecular complexity index is 905. The SMILES string of the molecule is CCCCn1ccnc1.CCn1ccnc1.O=S(=O)([N-]S(=O)(=O)C(F)(F)F)C(F)(F)F.[Ag+]. The van der Waals surface area contributed by atoms with Crippen LogP contribution in [0.5, 0.6) is 0 Å². The van der Waals surface area contributed by atoms with Gasteiger partial charge in [0.15, 0.2) is 20.0 Å². The van der Waals surface area contributed by atoms with Crippen molar-refractivity contribution in [1.29, 1.82) is 0 Å². The Hall–Kier alpha value is -1.40. The average molecular weight is 608 g/mol. The average Bonchev–Trinajstić information content (AvgIpc) is 3.32. The fourth-order valence-electron chi connectivity index (χ4n) is 1.45. The number of aryl methyl sites for hydroxylation is 2. The zero-order chi connectivity index (χ0) is 24.3. The van der Waals surface area contributed by atoms with Gasteiger partial charge in [0.25, 0.3) is 0 Å². The third-order valence-corrected chi connectivity index (χ3v) is 5.77. The van der Waals surface area contributed by atoms with Crippen LogP contribution in [0, 0.1) is 0 Å². The van der Waals surface area contributed by atoms with E-state index in [0.717, 1.165) is 17.2 Å². The first kappa shape index (κ1) is 32.8. The fourth-order valence-corrected chi connectivity index (χ4v) is 3.16. The molecule has 2 aromatic heterocycles. The minimum Gasteiger partial charge on any atom is -0.421 e. The molecule has 0 aromatic carbocycles. The number of aromatic nitrogens is 4. The van der Waals surface area contributed by atoms with Crippen LogP contribution >= 0.6 is 0 Å². The maximum atomic E-state index is 11.4. The number of rotatable bonds is 6. The molecular weight excluding hydrogens is 588 g/mol. The smallest absolute Gasteiger partial charge is 0.421 e. The Morgan fingerprint density at radius 3 is 1.47 bits per heavy atom. The summed E-state index contributed by atoms with van der Waals surface area (Å²) in [6, 6.07) is 0. The molecule has 0 saturated heterocycles. The van der Waals surface area contributed by atoms with Crippen molar-refractivity contribution < 1.29 is 65.6 Å². The molecule has 0 N–H and O–H groups in total. The number of halogens is 6. The molecule has 0 amide bonds. The van der Waals surface area contributed by atoms with E-state index < -0.39 is 31.1 Å². The van der Waals surface area contributed by atoms with Gasteiger partial charge in [-0.1, -0.05) is 13.3 Å². The molecule has 0 aliphatic rings. The van der Waals surface area contributed by atoms with Crippen LogP contribution in [0.25, 0.3) is 4.13 Å². The fraction of sp³-hybridized carbons (Fsp3) is 0.571. The van der Waals surface area contributed by atoms with Gasteiger partial charge in [-0.3, -0.25) is 0 Å². The van der Waals surface area contributed by atoms with E-state index in [-0.39, 0.29) is 22.4 Å². The normalized spacial score (nSPS) is 12.0. The molecule has 0 fully saturated rings. The molecule has 0 unspecified atom stereocenters. The zero-order valence-corrected chi connectivity index (χ0v) is 19.7. The van der Waals surface area contributed by atoms with E-state index in [1.165, 1.54) is 12.8 Å². The van der Waals surface area contributed by atoms with Crippen LogP contribution in [0.1, 0.15) is 26.7 Å². The van der Waals surface area contributed by atoms with Gasteiger partial charge in [0.1, 0.15) is 0 Å². The summed E-state index contributed by atoms with van der Waals surface area (Å²) in [7, 11) is -13.4. The number of hydrogen-bond acceptors (Lipinski definition) is 6. The molecule has 0 aliphatic carbocycles. The molecule has 0 aliphatic heterocycles. The predicted molar refractivity (Wildman–Crippen MR) is 98.3 cm³/mol. The van der Waals surface area contributed by atoms with Gasteiger partial charge in [-0.05, 0) is 13.3 Å². The minimum absolute atomic E-state index is 0. The molecule has 2 rings (SSSR count). The monoisotopic (exact) mass is 607 g/mol. The largest absolute Gasteiger partial charge is 1.00 e. The predicted octanol–water partition coefficient (Wildman–Crippen LogP) is 3.64. The van der Waals surface area contributed by atoms with Crippen LogP contribution < -0.4 is 0 Å². The van der Waals surface area contributed by atoms with Crippen LogP contribution in [0.2, 0.25) is 0 Å². The van der Waals surface area contributed by atoms with Crippen molar-refractivity contribution in [3.8, 4) is 0 Å². The summed E-state index contributed by atoms with van der Waals surface area (Å²) < 4.78 is 113. The van der Waals surface area contributed by atoms with Gasteiger partial charge in [0.2, 0.25) is 0 Å². The summed E-state index contributed by atoms with van der Waals surface area (Å²) in [6.07, 6.45) is 13.7. The molecule has 2 heterocycles. The maximum Gasteiger partial charge on any atom is 1.00 e. The zero-order valence-electron chi connectivity index (χ0n) is 16.5. The summed E-state index contributed by atoms with van der Waals surface area (Å²) in [4.78, 5) is 7.79. The number of imidazole rings is 2. The van der Waals surface area contributed by atoms with E-state index >= 15 is 0 Å². The van der Waals surface area contributed by atoms with Crippen molar-refractivity contribution in [3.05, 3.63) is 41.6 Å². The van der Waals surface area contributed by atoms with E-state index in [1.54, 1.807) is 12.5 Å². The third kappa shape index (κ3) is 12.0. The van der Waals surface area contributed by atoms with Gasteiger partial charge >= 0.3 is 33.4 Å². The second kappa shape index (κ2) is 14.0. The van der Waals surface area contributed by atoms with Gasteiger partial charge in [-0.25, -0.2) is 26.8 Å². The van der Waals surface area contributed by atoms with Crippen molar-refractivity contribution in [1.82, 2.24) is 19.1 Å². The Balaban J connectivity index is 0. The Morgan fingerprint density at radius 1 is 0.812 bits per heavy atom. The van der Waals surface area contributed by atoms with Gasteiger partial charge in [-0.15, -0.1) is 0 Å².